The smallest absolute Gasteiger partial charge is 0.133 e. The van der Waals surface area contributed by atoms with Crippen LogP contribution < -0.4 is 9.47 Å². The standard InChI is InChI=1S/C15H17BrO3S/c1-3-6-19-13-5-4-10(7-12(13)16)15(17)14-8-11(18-2)9-20-14/h4-5,7-9,15,17H,3,6H2,1-2H3. The number of rotatable bonds is 6. The number of halogens is 1. The van der Waals surface area contributed by atoms with Crippen molar-refractivity contribution in [3.05, 3.63) is 44.6 Å². The summed E-state index contributed by atoms with van der Waals surface area (Å²) in [5.41, 5.74) is 0.824. The Balaban J connectivity index is 2.17. The van der Waals surface area contributed by atoms with Gasteiger partial charge in [-0.1, -0.05) is 13.0 Å². The van der Waals surface area contributed by atoms with Gasteiger partial charge in [-0.15, -0.1) is 11.3 Å². The van der Waals surface area contributed by atoms with Crippen LogP contribution in [0, 0.1) is 0 Å². The van der Waals surface area contributed by atoms with E-state index in [9.17, 15) is 5.11 Å². The maximum absolute atomic E-state index is 10.4. The third-order valence-corrected chi connectivity index (χ3v) is 4.42. The molecule has 1 atom stereocenters. The van der Waals surface area contributed by atoms with Crippen molar-refractivity contribution in [2.24, 2.45) is 0 Å². The number of aliphatic hydroxyl groups excluding tert-OH is 1. The second kappa shape index (κ2) is 7.11. The number of thiophene rings is 1. The summed E-state index contributed by atoms with van der Waals surface area (Å²) in [7, 11) is 1.62. The van der Waals surface area contributed by atoms with Gasteiger partial charge in [0.1, 0.15) is 17.6 Å². The monoisotopic (exact) mass is 356 g/mol. The number of hydrogen-bond donors (Lipinski definition) is 1. The first-order valence-corrected chi connectivity index (χ1v) is 8.05. The zero-order chi connectivity index (χ0) is 14.5. The molecule has 1 aromatic carbocycles. The Kier molecular flexibility index (Phi) is 5.46. The Morgan fingerprint density at radius 1 is 1.35 bits per heavy atom. The van der Waals surface area contributed by atoms with Gasteiger partial charge >= 0.3 is 0 Å². The van der Waals surface area contributed by atoms with Crippen LogP contribution in [0.3, 0.4) is 0 Å². The van der Waals surface area contributed by atoms with Crippen molar-refractivity contribution in [2.45, 2.75) is 19.4 Å². The minimum absolute atomic E-state index is 0.652. The summed E-state index contributed by atoms with van der Waals surface area (Å²) in [5.74, 6) is 1.57. The Labute approximate surface area is 131 Å². The molecular formula is C15H17BrO3S. The van der Waals surface area contributed by atoms with E-state index in [0.29, 0.717) is 6.61 Å². The molecule has 0 aliphatic carbocycles. The Bertz CT molecular complexity index is 568. The molecule has 0 aliphatic rings. The van der Waals surface area contributed by atoms with Crippen molar-refractivity contribution in [3.8, 4) is 11.5 Å². The molecule has 3 nitrogen and oxygen atoms in total. The highest BCUT2D eigenvalue weighted by Gasteiger charge is 2.15. The van der Waals surface area contributed by atoms with Crippen molar-refractivity contribution < 1.29 is 14.6 Å². The SMILES string of the molecule is CCCOc1ccc(C(O)c2cc(OC)cs2)cc1Br. The quantitative estimate of drug-likeness (QED) is 0.833. The normalized spacial score (nSPS) is 12.2. The highest BCUT2D eigenvalue weighted by molar-refractivity contribution is 9.10. The minimum Gasteiger partial charge on any atom is -0.496 e. The second-order valence-corrected chi connectivity index (χ2v) is 6.13. The third kappa shape index (κ3) is 3.53. The first kappa shape index (κ1) is 15.4. The molecule has 1 aromatic heterocycles. The predicted octanol–water partition coefficient (Wildman–Crippen LogP) is 4.39. The fraction of sp³-hybridized carbons (Fsp3) is 0.333. The zero-order valence-corrected chi connectivity index (χ0v) is 13.8. The molecule has 2 aromatic rings. The molecule has 0 bridgehead atoms. The van der Waals surface area contributed by atoms with Crippen molar-refractivity contribution in [1.29, 1.82) is 0 Å². The van der Waals surface area contributed by atoms with Crippen LogP contribution in [0.1, 0.15) is 29.9 Å². The Morgan fingerprint density at radius 2 is 2.15 bits per heavy atom. The van der Waals surface area contributed by atoms with E-state index in [4.69, 9.17) is 9.47 Å². The van der Waals surface area contributed by atoms with E-state index in [-0.39, 0.29) is 0 Å². The van der Waals surface area contributed by atoms with Crippen molar-refractivity contribution in [1.82, 2.24) is 0 Å². The summed E-state index contributed by atoms with van der Waals surface area (Å²) in [4.78, 5) is 0.857. The lowest BCUT2D eigenvalue weighted by atomic mass is 10.1. The molecule has 2 rings (SSSR count). The molecule has 1 N–H and O–H groups in total. The molecular weight excluding hydrogens is 340 g/mol. The second-order valence-electron chi connectivity index (χ2n) is 4.33. The lowest BCUT2D eigenvalue weighted by molar-refractivity contribution is 0.223. The van der Waals surface area contributed by atoms with Crippen LogP contribution in [-0.2, 0) is 0 Å². The van der Waals surface area contributed by atoms with Gasteiger partial charge in [0.05, 0.1) is 18.2 Å². The van der Waals surface area contributed by atoms with Gasteiger partial charge in [-0.25, -0.2) is 0 Å². The van der Waals surface area contributed by atoms with Crippen LogP contribution in [0.4, 0.5) is 0 Å². The van der Waals surface area contributed by atoms with E-state index in [1.54, 1.807) is 7.11 Å². The number of benzene rings is 1. The lowest BCUT2D eigenvalue weighted by Gasteiger charge is -2.12. The fourth-order valence-electron chi connectivity index (χ4n) is 1.77. The van der Waals surface area contributed by atoms with Crippen LogP contribution in [0.2, 0.25) is 0 Å². The minimum atomic E-state index is -0.652. The van der Waals surface area contributed by atoms with Gasteiger partial charge in [0.25, 0.3) is 0 Å². The summed E-state index contributed by atoms with van der Waals surface area (Å²) >= 11 is 4.96. The van der Waals surface area contributed by atoms with Gasteiger partial charge in [-0.3, -0.25) is 0 Å². The van der Waals surface area contributed by atoms with E-state index in [1.165, 1.54) is 11.3 Å². The summed E-state index contributed by atoms with van der Waals surface area (Å²) in [5, 5.41) is 12.3. The molecule has 0 radical (unpaired) electrons. The molecule has 0 fully saturated rings. The van der Waals surface area contributed by atoms with Gasteiger partial charge in [0.15, 0.2) is 0 Å². The summed E-state index contributed by atoms with van der Waals surface area (Å²) in [6, 6.07) is 7.50. The topological polar surface area (TPSA) is 38.7 Å². The van der Waals surface area contributed by atoms with E-state index >= 15 is 0 Å². The third-order valence-electron chi connectivity index (χ3n) is 2.83. The predicted molar refractivity (Wildman–Crippen MR) is 84.9 cm³/mol. The van der Waals surface area contributed by atoms with E-state index < -0.39 is 6.10 Å². The number of aliphatic hydroxyl groups is 1. The van der Waals surface area contributed by atoms with Crippen molar-refractivity contribution >= 4 is 27.3 Å². The van der Waals surface area contributed by atoms with Crippen molar-refractivity contribution in [3.63, 3.8) is 0 Å². The first-order valence-electron chi connectivity index (χ1n) is 6.38. The highest BCUT2D eigenvalue weighted by Crippen LogP contribution is 2.34. The van der Waals surface area contributed by atoms with Gasteiger partial charge in [0, 0.05) is 10.3 Å². The molecule has 108 valence electrons. The van der Waals surface area contributed by atoms with E-state index in [1.807, 2.05) is 29.6 Å². The largest absolute Gasteiger partial charge is 0.496 e. The fourth-order valence-corrected chi connectivity index (χ4v) is 3.14. The van der Waals surface area contributed by atoms with Crippen LogP contribution in [-0.4, -0.2) is 18.8 Å². The van der Waals surface area contributed by atoms with E-state index in [2.05, 4.69) is 22.9 Å². The first-order chi connectivity index (χ1) is 9.65. The molecule has 0 saturated heterocycles. The van der Waals surface area contributed by atoms with Crippen molar-refractivity contribution in [2.75, 3.05) is 13.7 Å². The Morgan fingerprint density at radius 3 is 2.75 bits per heavy atom. The van der Waals surface area contributed by atoms with Gasteiger partial charge in [-0.2, -0.15) is 0 Å². The number of hydrogen-bond acceptors (Lipinski definition) is 4. The molecule has 0 amide bonds. The summed E-state index contributed by atoms with van der Waals surface area (Å²) < 4.78 is 11.6. The molecule has 0 aliphatic heterocycles. The molecule has 20 heavy (non-hydrogen) atoms. The molecule has 0 spiro atoms. The van der Waals surface area contributed by atoms with Gasteiger partial charge in [0.2, 0.25) is 0 Å². The van der Waals surface area contributed by atoms with Crippen LogP contribution in [0.5, 0.6) is 11.5 Å². The zero-order valence-electron chi connectivity index (χ0n) is 11.4. The van der Waals surface area contributed by atoms with Gasteiger partial charge < -0.3 is 14.6 Å². The van der Waals surface area contributed by atoms with Crippen LogP contribution in [0.15, 0.2) is 34.1 Å². The highest BCUT2D eigenvalue weighted by atomic mass is 79.9. The Hall–Kier alpha value is -1.04. The molecule has 1 heterocycles. The van der Waals surface area contributed by atoms with Crippen LogP contribution >= 0.6 is 27.3 Å². The lowest BCUT2D eigenvalue weighted by Crippen LogP contribution is -1.99. The van der Waals surface area contributed by atoms with E-state index in [0.717, 1.165) is 32.8 Å². The summed E-state index contributed by atoms with van der Waals surface area (Å²) in [6.45, 7) is 2.75. The van der Waals surface area contributed by atoms with Gasteiger partial charge in [-0.05, 0) is 46.1 Å². The average molecular weight is 357 g/mol. The average Bonchev–Trinajstić information content (AvgIpc) is 2.94. The maximum atomic E-state index is 10.4. The molecule has 5 heteroatoms. The number of ether oxygens (including phenoxy) is 2. The molecule has 0 saturated carbocycles. The summed E-state index contributed by atoms with van der Waals surface area (Å²) in [6.07, 6.45) is 0.312. The maximum Gasteiger partial charge on any atom is 0.133 e. The molecule has 1 unspecified atom stereocenters. The van der Waals surface area contributed by atoms with Crippen LogP contribution in [0.25, 0.3) is 0 Å². The number of methoxy groups -OCH3 is 1.